The van der Waals surface area contributed by atoms with Crippen molar-refractivity contribution < 1.29 is 13.6 Å². The molecule has 1 amide bonds. The molecule has 1 aromatic carbocycles. The van der Waals surface area contributed by atoms with Crippen LogP contribution in [0.1, 0.15) is 17.0 Å². The van der Waals surface area contributed by atoms with Gasteiger partial charge in [-0.3, -0.25) is 9.48 Å². The Morgan fingerprint density at radius 2 is 2.00 bits per heavy atom. The first kappa shape index (κ1) is 17.0. The van der Waals surface area contributed by atoms with Crippen LogP contribution >= 0.6 is 0 Å². The number of nitrogens with zero attached hydrogens (tertiary/aromatic N) is 2. The van der Waals surface area contributed by atoms with Crippen LogP contribution in [0.15, 0.2) is 47.1 Å². The first-order valence-electron chi connectivity index (χ1n) is 8.13. The number of nitrogens with one attached hydrogen (secondary N) is 1. The molecule has 3 rings (SSSR count). The monoisotopic (exact) mass is 341 g/mol. The molecule has 0 fully saturated rings. The molecule has 0 spiro atoms. The van der Waals surface area contributed by atoms with Gasteiger partial charge in [0.1, 0.15) is 11.6 Å². The number of halogens is 1. The maximum absolute atomic E-state index is 12.9. The zero-order valence-electron chi connectivity index (χ0n) is 14.3. The second-order valence-electron chi connectivity index (χ2n) is 5.90. The molecule has 1 N–H and O–H groups in total. The predicted molar refractivity (Wildman–Crippen MR) is 92.5 cm³/mol. The van der Waals surface area contributed by atoms with Crippen LogP contribution in [0.3, 0.4) is 0 Å². The maximum atomic E-state index is 12.9. The number of carbonyl (C=O) groups is 1. The summed E-state index contributed by atoms with van der Waals surface area (Å²) < 4.78 is 20.2. The standard InChI is InChI=1S/C19H20FN3O2/c1-13-19(17-4-3-11-25-17)14(2)23(22-13)10-9-21-18(24)12-15-5-7-16(20)8-6-15/h3-8,11H,9-10,12H2,1-2H3,(H,21,24). The number of hydrogen-bond donors (Lipinski definition) is 1. The molecular formula is C19H20FN3O2. The SMILES string of the molecule is Cc1nn(CCNC(=O)Cc2ccc(F)cc2)c(C)c1-c1ccco1. The van der Waals surface area contributed by atoms with E-state index in [1.54, 1.807) is 18.4 Å². The lowest BCUT2D eigenvalue weighted by atomic mass is 10.1. The van der Waals surface area contributed by atoms with Gasteiger partial charge in [0.25, 0.3) is 0 Å². The molecule has 0 atom stereocenters. The van der Waals surface area contributed by atoms with Crippen LogP contribution < -0.4 is 5.32 Å². The summed E-state index contributed by atoms with van der Waals surface area (Å²) in [6.45, 7) is 4.97. The molecule has 0 saturated carbocycles. The molecule has 0 aliphatic carbocycles. The molecular weight excluding hydrogens is 321 g/mol. The number of hydrogen-bond acceptors (Lipinski definition) is 3. The van der Waals surface area contributed by atoms with Gasteiger partial charge in [-0.2, -0.15) is 5.10 Å². The average Bonchev–Trinajstić information content (AvgIpc) is 3.18. The first-order valence-corrected chi connectivity index (χ1v) is 8.13. The van der Waals surface area contributed by atoms with E-state index in [4.69, 9.17) is 4.42 Å². The van der Waals surface area contributed by atoms with E-state index in [0.29, 0.717) is 13.1 Å². The highest BCUT2D eigenvalue weighted by Crippen LogP contribution is 2.26. The predicted octanol–water partition coefficient (Wildman–Crippen LogP) is 3.26. The van der Waals surface area contributed by atoms with E-state index in [-0.39, 0.29) is 18.1 Å². The third kappa shape index (κ3) is 3.96. The molecule has 0 saturated heterocycles. The Labute approximate surface area is 145 Å². The fourth-order valence-electron chi connectivity index (χ4n) is 2.84. The number of aryl methyl sites for hydroxylation is 1. The molecule has 3 aromatic rings. The van der Waals surface area contributed by atoms with E-state index >= 15 is 0 Å². The number of carbonyl (C=O) groups excluding carboxylic acids is 1. The van der Waals surface area contributed by atoms with Crippen LogP contribution in [0.4, 0.5) is 4.39 Å². The molecule has 2 aromatic heterocycles. The second kappa shape index (κ2) is 7.34. The molecule has 0 aliphatic heterocycles. The quantitative estimate of drug-likeness (QED) is 0.749. The smallest absolute Gasteiger partial charge is 0.224 e. The van der Waals surface area contributed by atoms with Crippen molar-refractivity contribution in [2.45, 2.75) is 26.8 Å². The van der Waals surface area contributed by atoms with Crippen molar-refractivity contribution in [3.8, 4) is 11.3 Å². The van der Waals surface area contributed by atoms with Crippen LogP contribution in [0.25, 0.3) is 11.3 Å². The van der Waals surface area contributed by atoms with Crippen LogP contribution in [0.2, 0.25) is 0 Å². The molecule has 0 aliphatic rings. The van der Waals surface area contributed by atoms with Crippen molar-refractivity contribution >= 4 is 5.91 Å². The third-order valence-corrected chi connectivity index (χ3v) is 4.07. The van der Waals surface area contributed by atoms with Crippen molar-refractivity contribution in [1.29, 1.82) is 0 Å². The largest absolute Gasteiger partial charge is 0.464 e. The Kier molecular flexibility index (Phi) is 4.97. The van der Waals surface area contributed by atoms with Crippen LogP contribution in [-0.4, -0.2) is 22.2 Å². The maximum Gasteiger partial charge on any atom is 0.224 e. The van der Waals surface area contributed by atoms with Crippen molar-refractivity contribution in [2.75, 3.05) is 6.54 Å². The fraction of sp³-hybridized carbons (Fsp3) is 0.263. The van der Waals surface area contributed by atoms with E-state index in [0.717, 1.165) is 28.3 Å². The molecule has 2 heterocycles. The number of rotatable bonds is 6. The van der Waals surface area contributed by atoms with E-state index in [1.165, 1.54) is 12.1 Å². The highest BCUT2D eigenvalue weighted by molar-refractivity contribution is 5.78. The molecule has 25 heavy (non-hydrogen) atoms. The number of aromatic nitrogens is 2. The van der Waals surface area contributed by atoms with E-state index < -0.39 is 0 Å². The van der Waals surface area contributed by atoms with Gasteiger partial charge in [0.05, 0.1) is 30.5 Å². The Morgan fingerprint density at radius 1 is 1.24 bits per heavy atom. The lowest BCUT2D eigenvalue weighted by Crippen LogP contribution is -2.29. The van der Waals surface area contributed by atoms with Gasteiger partial charge in [-0.25, -0.2) is 4.39 Å². The highest BCUT2D eigenvalue weighted by atomic mass is 19.1. The minimum atomic E-state index is -0.305. The van der Waals surface area contributed by atoms with Gasteiger partial charge in [-0.15, -0.1) is 0 Å². The lowest BCUT2D eigenvalue weighted by Gasteiger charge is -2.07. The summed E-state index contributed by atoms with van der Waals surface area (Å²) in [5.74, 6) is 0.391. The van der Waals surface area contributed by atoms with Gasteiger partial charge in [0.15, 0.2) is 0 Å². The zero-order chi connectivity index (χ0) is 17.8. The minimum Gasteiger partial charge on any atom is -0.464 e. The van der Waals surface area contributed by atoms with Crippen LogP contribution in [0, 0.1) is 19.7 Å². The number of benzene rings is 1. The van der Waals surface area contributed by atoms with E-state index in [9.17, 15) is 9.18 Å². The van der Waals surface area contributed by atoms with Gasteiger partial charge >= 0.3 is 0 Å². The molecule has 5 nitrogen and oxygen atoms in total. The van der Waals surface area contributed by atoms with Crippen molar-refractivity contribution in [2.24, 2.45) is 0 Å². The molecule has 6 heteroatoms. The summed E-state index contributed by atoms with van der Waals surface area (Å²) in [6, 6.07) is 9.70. The molecule has 130 valence electrons. The highest BCUT2D eigenvalue weighted by Gasteiger charge is 2.15. The zero-order valence-corrected chi connectivity index (χ0v) is 14.3. The first-order chi connectivity index (χ1) is 12.0. The Morgan fingerprint density at radius 3 is 2.68 bits per heavy atom. The summed E-state index contributed by atoms with van der Waals surface area (Å²) in [4.78, 5) is 12.0. The summed E-state index contributed by atoms with van der Waals surface area (Å²) in [7, 11) is 0. The Hall–Kier alpha value is -2.89. The van der Waals surface area contributed by atoms with Crippen molar-refractivity contribution in [3.05, 3.63) is 65.4 Å². The summed E-state index contributed by atoms with van der Waals surface area (Å²) in [5.41, 5.74) is 3.66. The summed E-state index contributed by atoms with van der Waals surface area (Å²) in [6.07, 6.45) is 1.87. The summed E-state index contributed by atoms with van der Waals surface area (Å²) in [5, 5.41) is 7.39. The lowest BCUT2D eigenvalue weighted by molar-refractivity contribution is -0.120. The van der Waals surface area contributed by atoms with Crippen LogP contribution in [-0.2, 0) is 17.8 Å². The van der Waals surface area contributed by atoms with Gasteiger partial charge in [-0.05, 0) is 43.7 Å². The van der Waals surface area contributed by atoms with Crippen LogP contribution in [0.5, 0.6) is 0 Å². The molecule has 0 unspecified atom stereocenters. The normalized spacial score (nSPS) is 10.8. The van der Waals surface area contributed by atoms with Gasteiger partial charge in [0.2, 0.25) is 5.91 Å². The molecule has 0 radical (unpaired) electrons. The van der Waals surface area contributed by atoms with Gasteiger partial charge in [-0.1, -0.05) is 12.1 Å². The third-order valence-electron chi connectivity index (χ3n) is 4.07. The van der Waals surface area contributed by atoms with Crippen molar-refractivity contribution in [3.63, 3.8) is 0 Å². The topological polar surface area (TPSA) is 60.1 Å². The molecule has 0 bridgehead atoms. The van der Waals surface area contributed by atoms with Crippen molar-refractivity contribution in [1.82, 2.24) is 15.1 Å². The second-order valence-corrected chi connectivity index (χ2v) is 5.90. The summed E-state index contributed by atoms with van der Waals surface area (Å²) >= 11 is 0. The van der Waals surface area contributed by atoms with Gasteiger partial charge in [0, 0.05) is 12.2 Å². The Balaban J connectivity index is 1.56. The fourth-order valence-corrected chi connectivity index (χ4v) is 2.84. The van der Waals surface area contributed by atoms with Gasteiger partial charge < -0.3 is 9.73 Å². The average molecular weight is 341 g/mol. The number of amides is 1. The Bertz CT molecular complexity index is 852. The minimum absolute atomic E-state index is 0.0978. The number of furan rings is 1. The van der Waals surface area contributed by atoms with E-state index in [1.807, 2.05) is 30.7 Å². The van der Waals surface area contributed by atoms with E-state index in [2.05, 4.69) is 10.4 Å².